The average molecular weight is 411 g/mol. The highest BCUT2D eigenvalue weighted by molar-refractivity contribution is 7.20. The van der Waals surface area contributed by atoms with E-state index in [1.54, 1.807) is 11.0 Å². The number of hydrogen-bond donors (Lipinski definition) is 0. The normalized spacial score (nSPS) is 16.4. The largest absolute Gasteiger partial charge is 0.447 e. The highest BCUT2D eigenvalue weighted by Crippen LogP contribution is 2.33. The zero-order valence-corrected chi connectivity index (χ0v) is 16.9. The van der Waals surface area contributed by atoms with Crippen LogP contribution < -0.4 is 15.4 Å². The first-order valence-electron chi connectivity index (χ1n) is 9.84. The minimum absolute atomic E-state index is 0.131. The van der Waals surface area contributed by atoms with Crippen molar-refractivity contribution < 1.29 is 9.53 Å². The van der Waals surface area contributed by atoms with E-state index in [2.05, 4.69) is 28.0 Å². The lowest BCUT2D eigenvalue weighted by Gasteiger charge is -2.30. The predicted octanol–water partition coefficient (Wildman–Crippen LogP) is 2.62. The fourth-order valence-corrected chi connectivity index (χ4v) is 4.93. The third-order valence-electron chi connectivity index (χ3n) is 5.36. The maximum atomic E-state index is 12.4. The Morgan fingerprint density at radius 3 is 2.93 bits per heavy atom. The summed E-state index contributed by atoms with van der Waals surface area (Å²) >= 11 is 1.44. The highest BCUT2D eigenvalue weighted by atomic mass is 32.1. The maximum Gasteiger partial charge on any atom is 0.414 e. The summed E-state index contributed by atoms with van der Waals surface area (Å²) in [6.45, 7) is 4.54. The van der Waals surface area contributed by atoms with Crippen molar-refractivity contribution in [2.75, 3.05) is 29.5 Å². The number of amides is 1. The molecule has 1 saturated heterocycles. The van der Waals surface area contributed by atoms with Gasteiger partial charge in [0.15, 0.2) is 0 Å². The van der Waals surface area contributed by atoms with Crippen LogP contribution in [0.4, 0.5) is 15.6 Å². The number of carbonyl (C=O) groups is 1. The van der Waals surface area contributed by atoms with Gasteiger partial charge >= 0.3 is 6.09 Å². The Balaban J connectivity index is 1.46. The van der Waals surface area contributed by atoms with Gasteiger partial charge in [-0.2, -0.15) is 4.52 Å². The van der Waals surface area contributed by atoms with Crippen molar-refractivity contribution in [1.82, 2.24) is 14.6 Å². The monoisotopic (exact) mass is 411 g/mol. The lowest BCUT2D eigenvalue weighted by atomic mass is 9.97. The molecule has 0 atom stereocenters. The Labute approximate surface area is 171 Å². The predicted molar refractivity (Wildman–Crippen MR) is 111 cm³/mol. The molecule has 9 heteroatoms. The van der Waals surface area contributed by atoms with Gasteiger partial charge in [-0.15, -0.1) is 5.10 Å². The standard InChI is InChI=1S/C20H21N5O3S/c1-2-4-14-11-17(26)25-18(21-14)29-19(22-25)23-8-7-15-13(12-23)5-3-6-16(15)24-9-10-28-20(24)27/h3,5-6,11H,2,4,7-10,12H2,1H3. The van der Waals surface area contributed by atoms with Crippen molar-refractivity contribution in [3.8, 4) is 0 Å². The molecule has 3 aromatic rings. The number of ether oxygens (including phenoxy) is 1. The van der Waals surface area contributed by atoms with E-state index >= 15 is 0 Å². The molecule has 0 spiro atoms. The van der Waals surface area contributed by atoms with E-state index in [0.29, 0.717) is 24.7 Å². The number of rotatable bonds is 4. The van der Waals surface area contributed by atoms with Gasteiger partial charge in [0.1, 0.15) is 6.61 Å². The zero-order valence-electron chi connectivity index (χ0n) is 16.1. The van der Waals surface area contributed by atoms with Crippen molar-refractivity contribution in [3.63, 3.8) is 0 Å². The fourth-order valence-electron chi connectivity index (χ4n) is 3.98. The van der Waals surface area contributed by atoms with Crippen LogP contribution in [0.2, 0.25) is 0 Å². The molecule has 2 aliphatic rings. The van der Waals surface area contributed by atoms with Crippen LogP contribution in [0.25, 0.3) is 4.96 Å². The molecule has 4 heterocycles. The molecule has 1 aromatic carbocycles. The van der Waals surface area contributed by atoms with Crippen molar-refractivity contribution in [2.24, 2.45) is 0 Å². The van der Waals surface area contributed by atoms with Gasteiger partial charge in [-0.3, -0.25) is 9.69 Å². The van der Waals surface area contributed by atoms with E-state index < -0.39 is 0 Å². The van der Waals surface area contributed by atoms with E-state index in [0.717, 1.165) is 42.3 Å². The number of cyclic esters (lactones) is 1. The lowest BCUT2D eigenvalue weighted by molar-refractivity contribution is 0.181. The first kappa shape index (κ1) is 18.1. The van der Waals surface area contributed by atoms with Crippen LogP contribution in [0.15, 0.2) is 29.1 Å². The molecular formula is C20H21N5O3S. The van der Waals surface area contributed by atoms with E-state index in [9.17, 15) is 9.59 Å². The summed E-state index contributed by atoms with van der Waals surface area (Å²) in [5.41, 5.74) is 3.98. The van der Waals surface area contributed by atoms with Crippen LogP contribution in [-0.4, -0.2) is 40.4 Å². The second-order valence-electron chi connectivity index (χ2n) is 7.27. The Bertz CT molecular complexity index is 1150. The summed E-state index contributed by atoms with van der Waals surface area (Å²) < 4.78 is 6.50. The Morgan fingerprint density at radius 2 is 2.14 bits per heavy atom. The number of anilines is 2. The van der Waals surface area contributed by atoms with Gasteiger partial charge in [0.05, 0.1) is 12.2 Å². The number of hydrogen-bond acceptors (Lipinski definition) is 7. The average Bonchev–Trinajstić information content (AvgIpc) is 3.34. The first-order chi connectivity index (χ1) is 14.1. The maximum absolute atomic E-state index is 12.4. The summed E-state index contributed by atoms with van der Waals surface area (Å²) in [7, 11) is 0. The van der Waals surface area contributed by atoms with Crippen LogP contribution in [0.5, 0.6) is 0 Å². The molecule has 5 rings (SSSR count). The first-order valence-corrected chi connectivity index (χ1v) is 10.7. The minimum atomic E-state index is -0.277. The zero-order chi connectivity index (χ0) is 20.0. The number of carbonyl (C=O) groups excluding carboxylic acids is 1. The molecule has 0 bridgehead atoms. The lowest BCUT2D eigenvalue weighted by Crippen LogP contribution is -2.33. The molecule has 0 saturated carbocycles. The van der Waals surface area contributed by atoms with Gasteiger partial charge in [-0.25, -0.2) is 9.78 Å². The molecule has 8 nitrogen and oxygen atoms in total. The molecule has 29 heavy (non-hydrogen) atoms. The number of aromatic nitrogens is 3. The molecule has 0 radical (unpaired) electrons. The summed E-state index contributed by atoms with van der Waals surface area (Å²) in [5, 5.41) is 5.32. The minimum Gasteiger partial charge on any atom is -0.447 e. The number of aryl methyl sites for hydroxylation is 1. The summed E-state index contributed by atoms with van der Waals surface area (Å²) in [4.78, 5) is 33.5. The number of benzene rings is 1. The van der Waals surface area contributed by atoms with E-state index in [1.165, 1.54) is 27.0 Å². The second kappa shape index (κ2) is 7.14. The van der Waals surface area contributed by atoms with E-state index in [-0.39, 0.29) is 11.7 Å². The van der Waals surface area contributed by atoms with Gasteiger partial charge in [0.2, 0.25) is 10.1 Å². The van der Waals surface area contributed by atoms with Gasteiger partial charge in [0, 0.05) is 24.8 Å². The van der Waals surface area contributed by atoms with Gasteiger partial charge in [-0.05, 0) is 30.0 Å². The fraction of sp³-hybridized carbons (Fsp3) is 0.400. The third kappa shape index (κ3) is 3.15. The molecule has 150 valence electrons. The van der Waals surface area contributed by atoms with Crippen LogP contribution in [0.3, 0.4) is 0 Å². The summed E-state index contributed by atoms with van der Waals surface area (Å²) in [6.07, 6.45) is 2.26. The third-order valence-corrected chi connectivity index (χ3v) is 6.33. The molecule has 0 N–H and O–H groups in total. The smallest absolute Gasteiger partial charge is 0.414 e. The molecule has 2 aromatic heterocycles. The van der Waals surface area contributed by atoms with E-state index in [1.807, 2.05) is 12.1 Å². The Hall–Kier alpha value is -2.94. The molecule has 1 amide bonds. The van der Waals surface area contributed by atoms with Crippen molar-refractivity contribution >= 4 is 33.2 Å². The van der Waals surface area contributed by atoms with Gasteiger partial charge in [-0.1, -0.05) is 36.8 Å². The molecule has 0 unspecified atom stereocenters. The van der Waals surface area contributed by atoms with Crippen molar-refractivity contribution in [1.29, 1.82) is 0 Å². The highest BCUT2D eigenvalue weighted by Gasteiger charge is 2.29. The summed E-state index contributed by atoms with van der Waals surface area (Å²) in [5.74, 6) is 0. The topological polar surface area (TPSA) is 80.0 Å². The van der Waals surface area contributed by atoms with Crippen molar-refractivity contribution in [2.45, 2.75) is 32.7 Å². The molecular weight excluding hydrogens is 390 g/mol. The van der Waals surface area contributed by atoms with Crippen LogP contribution in [-0.2, 0) is 24.1 Å². The molecule has 1 fully saturated rings. The SMILES string of the molecule is CCCc1cc(=O)n2nc(N3CCc4c(cccc4N4CCOC4=O)C3)sc2n1. The van der Waals surface area contributed by atoms with Gasteiger partial charge in [0.25, 0.3) is 5.56 Å². The van der Waals surface area contributed by atoms with Crippen LogP contribution >= 0.6 is 11.3 Å². The molecule has 2 aliphatic heterocycles. The Kier molecular flexibility index (Phi) is 4.46. The van der Waals surface area contributed by atoms with Crippen LogP contribution in [0, 0.1) is 0 Å². The number of fused-ring (bicyclic) bond motifs is 2. The Morgan fingerprint density at radius 1 is 1.24 bits per heavy atom. The molecule has 0 aliphatic carbocycles. The van der Waals surface area contributed by atoms with E-state index in [4.69, 9.17) is 4.74 Å². The van der Waals surface area contributed by atoms with Crippen molar-refractivity contribution in [3.05, 3.63) is 51.4 Å². The second-order valence-corrected chi connectivity index (χ2v) is 8.20. The quantitative estimate of drug-likeness (QED) is 0.657. The number of nitrogens with zero attached hydrogens (tertiary/aromatic N) is 5. The van der Waals surface area contributed by atoms with Gasteiger partial charge < -0.3 is 9.64 Å². The summed E-state index contributed by atoms with van der Waals surface area (Å²) in [6, 6.07) is 7.62. The van der Waals surface area contributed by atoms with Crippen LogP contribution in [0.1, 0.15) is 30.2 Å².